The van der Waals surface area contributed by atoms with Crippen molar-refractivity contribution >= 4 is 15.2 Å². The largest absolute Gasteiger partial charge is 0.107 e. The molecule has 0 aliphatic rings. The Hall–Kier alpha value is -0.0862. The van der Waals surface area contributed by atoms with Crippen LogP contribution in [-0.4, -0.2) is 15.2 Å². The third-order valence-corrected chi connectivity index (χ3v) is 26.4. The molecule has 0 rings (SSSR count). The molecule has 0 fully saturated rings. The van der Waals surface area contributed by atoms with Gasteiger partial charge in [0.2, 0.25) is 0 Å². The Morgan fingerprint density at radius 1 is 0.400 bits per heavy atom. The summed E-state index contributed by atoms with van der Waals surface area (Å²) in [6.07, 6.45) is 22.5. The van der Waals surface area contributed by atoms with E-state index in [0.717, 1.165) is 0 Å². The molecule has 0 aromatic rings. The van der Waals surface area contributed by atoms with Gasteiger partial charge in [-0.05, 0) is 0 Å². The van der Waals surface area contributed by atoms with Gasteiger partial charge in [-0.3, -0.25) is 0 Å². The molecule has 178 valence electrons. The van der Waals surface area contributed by atoms with Crippen molar-refractivity contribution in [2.75, 3.05) is 0 Å². The average molecular weight is 451 g/mol. The number of unbranched alkanes of at least 4 members (excludes halogenated alkanes) is 12. The fourth-order valence-electron chi connectivity index (χ4n) is 5.53. The summed E-state index contributed by atoms with van der Waals surface area (Å²) in [6.45, 7) is 18.5. The zero-order valence-corrected chi connectivity index (χ0v) is 23.7. The second-order valence-corrected chi connectivity index (χ2v) is 23.4. The first-order chi connectivity index (χ1) is 14.6. The minimum atomic E-state index is -1.48. The van der Waals surface area contributed by atoms with Crippen molar-refractivity contribution in [1.29, 1.82) is 0 Å². The van der Waals surface area contributed by atoms with E-state index in [1.165, 1.54) is 127 Å². The van der Waals surface area contributed by atoms with Crippen LogP contribution in [0.15, 0.2) is 24.6 Å². The molecule has 0 atom stereocenters. The monoisotopic (exact) mass is 450 g/mol. The molecule has 2 heteroatoms. The molecule has 0 aromatic carbocycles. The van der Waals surface area contributed by atoms with E-state index < -0.39 is 15.2 Å². The Labute approximate surface area is 194 Å². The molecular weight excluding hydrogens is 392 g/mol. The van der Waals surface area contributed by atoms with Crippen LogP contribution in [-0.2, 0) is 0 Å². The van der Waals surface area contributed by atoms with Crippen LogP contribution in [0.1, 0.15) is 130 Å². The van der Waals surface area contributed by atoms with Gasteiger partial charge in [0, 0.05) is 0 Å². The SMILES string of the molecule is C=C[Si](CCCCCC)(CCCCCC)[Si](C=C)(CCCCCC)CCCCCC. The Balaban J connectivity index is 5.62. The maximum Gasteiger partial charge on any atom is 0.0750 e. The minimum Gasteiger partial charge on any atom is -0.107 e. The normalized spacial score (nSPS) is 12.3. The van der Waals surface area contributed by atoms with Crippen molar-refractivity contribution < 1.29 is 0 Å². The van der Waals surface area contributed by atoms with E-state index >= 15 is 0 Å². The van der Waals surface area contributed by atoms with Gasteiger partial charge in [-0.1, -0.05) is 155 Å². The van der Waals surface area contributed by atoms with Crippen molar-refractivity contribution in [3.63, 3.8) is 0 Å². The minimum absolute atomic E-state index is 1.34. The second kappa shape index (κ2) is 19.6. The highest BCUT2D eigenvalue weighted by atomic mass is 29.3. The van der Waals surface area contributed by atoms with Crippen molar-refractivity contribution in [3.05, 3.63) is 24.6 Å². The summed E-state index contributed by atoms with van der Waals surface area (Å²) in [5, 5.41) is 0. The number of rotatable bonds is 23. The van der Waals surface area contributed by atoms with Gasteiger partial charge in [-0.25, -0.2) is 0 Å². The Kier molecular flexibility index (Phi) is 19.5. The highest BCUT2D eigenvalue weighted by Crippen LogP contribution is 2.41. The lowest BCUT2D eigenvalue weighted by molar-refractivity contribution is 0.677. The van der Waals surface area contributed by atoms with Gasteiger partial charge in [0.05, 0.1) is 15.2 Å². The van der Waals surface area contributed by atoms with Crippen LogP contribution in [0, 0.1) is 0 Å². The first-order valence-corrected chi connectivity index (χ1v) is 19.9. The topological polar surface area (TPSA) is 0 Å². The summed E-state index contributed by atoms with van der Waals surface area (Å²) in [7, 11) is -2.97. The zero-order chi connectivity index (χ0) is 22.6. The van der Waals surface area contributed by atoms with Gasteiger partial charge in [-0.15, -0.1) is 24.6 Å². The summed E-state index contributed by atoms with van der Waals surface area (Å²) in [5.74, 6) is 0. The van der Waals surface area contributed by atoms with Gasteiger partial charge in [0.25, 0.3) is 0 Å². The number of hydrogen-bond acceptors (Lipinski definition) is 0. The molecule has 0 aliphatic heterocycles. The van der Waals surface area contributed by atoms with E-state index in [-0.39, 0.29) is 0 Å². The van der Waals surface area contributed by atoms with Gasteiger partial charge in [-0.2, -0.15) is 0 Å². The summed E-state index contributed by atoms with van der Waals surface area (Å²) in [5.41, 5.74) is 5.22. The zero-order valence-electron chi connectivity index (χ0n) is 21.7. The van der Waals surface area contributed by atoms with E-state index in [4.69, 9.17) is 0 Å². The smallest absolute Gasteiger partial charge is 0.0750 e. The van der Waals surface area contributed by atoms with Crippen LogP contribution < -0.4 is 0 Å². The molecule has 0 unspecified atom stereocenters. The van der Waals surface area contributed by atoms with Crippen LogP contribution in [0.4, 0.5) is 0 Å². The van der Waals surface area contributed by atoms with Crippen LogP contribution in [0.3, 0.4) is 0 Å². The van der Waals surface area contributed by atoms with Crippen molar-refractivity contribution in [2.45, 2.75) is 155 Å². The van der Waals surface area contributed by atoms with Gasteiger partial charge >= 0.3 is 0 Å². The predicted octanol–water partition coefficient (Wildman–Crippen LogP) is 10.7. The third-order valence-electron chi connectivity index (χ3n) is 7.68. The molecule has 0 amide bonds. The van der Waals surface area contributed by atoms with Gasteiger partial charge < -0.3 is 0 Å². The van der Waals surface area contributed by atoms with Crippen LogP contribution in [0.5, 0.6) is 0 Å². The summed E-state index contributed by atoms with van der Waals surface area (Å²) in [6, 6.07) is 6.07. The molecule has 30 heavy (non-hydrogen) atoms. The first-order valence-electron chi connectivity index (χ1n) is 13.9. The molecule has 0 aliphatic carbocycles. The lowest BCUT2D eigenvalue weighted by atomic mass is 10.2. The maximum atomic E-state index is 4.58. The van der Waals surface area contributed by atoms with Gasteiger partial charge in [0.15, 0.2) is 0 Å². The van der Waals surface area contributed by atoms with Crippen molar-refractivity contribution in [1.82, 2.24) is 0 Å². The summed E-state index contributed by atoms with van der Waals surface area (Å²) >= 11 is 0. The van der Waals surface area contributed by atoms with E-state index in [1.807, 2.05) is 0 Å². The quantitative estimate of drug-likeness (QED) is 0.107. The van der Waals surface area contributed by atoms with E-state index in [1.54, 1.807) is 0 Å². The molecule has 0 aromatic heterocycles. The fraction of sp³-hybridized carbons (Fsp3) is 0.857. The van der Waals surface area contributed by atoms with Crippen LogP contribution in [0.2, 0.25) is 24.2 Å². The van der Waals surface area contributed by atoms with Crippen LogP contribution in [0.25, 0.3) is 0 Å². The second-order valence-electron chi connectivity index (χ2n) is 9.96. The first kappa shape index (κ1) is 29.9. The molecule has 0 saturated heterocycles. The lowest BCUT2D eigenvalue weighted by Gasteiger charge is -2.46. The molecule has 0 heterocycles. The van der Waals surface area contributed by atoms with Crippen LogP contribution >= 0.6 is 0 Å². The molecule has 0 radical (unpaired) electrons. The highest BCUT2D eigenvalue weighted by Gasteiger charge is 2.48. The van der Waals surface area contributed by atoms with E-state index in [0.29, 0.717) is 0 Å². The van der Waals surface area contributed by atoms with Gasteiger partial charge in [0.1, 0.15) is 0 Å². The summed E-state index contributed by atoms with van der Waals surface area (Å²) < 4.78 is 0. The van der Waals surface area contributed by atoms with Crippen molar-refractivity contribution in [2.24, 2.45) is 0 Å². The van der Waals surface area contributed by atoms with Crippen molar-refractivity contribution in [3.8, 4) is 0 Å². The molecule has 0 saturated carbocycles. The number of hydrogen-bond donors (Lipinski definition) is 0. The highest BCUT2D eigenvalue weighted by molar-refractivity contribution is 7.46. The lowest BCUT2D eigenvalue weighted by Crippen LogP contribution is -2.60. The molecule has 0 bridgehead atoms. The Morgan fingerprint density at radius 2 is 0.633 bits per heavy atom. The summed E-state index contributed by atoms with van der Waals surface area (Å²) in [4.78, 5) is 0. The maximum absolute atomic E-state index is 4.58. The average Bonchev–Trinajstić information content (AvgIpc) is 2.77. The standard InChI is InChI=1S/C28H58Si2/c1-7-13-17-21-25-29(11-5,26-22-18-14-8-2)30(12-6,27-23-19-15-9-3)28-24-20-16-10-4/h11-12H,5-10,13-28H2,1-4H3. The molecule has 0 nitrogen and oxygen atoms in total. The Bertz CT molecular complexity index is 339. The third kappa shape index (κ3) is 11.0. The predicted molar refractivity (Wildman–Crippen MR) is 148 cm³/mol. The Morgan fingerprint density at radius 3 is 0.800 bits per heavy atom. The fourth-order valence-corrected chi connectivity index (χ4v) is 23.7. The molecule has 0 spiro atoms. The van der Waals surface area contributed by atoms with E-state index in [9.17, 15) is 0 Å². The van der Waals surface area contributed by atoms with E-state index in [2.05, 4.69) is 52.3 Å². The molecule has 0 N–H and O–H groups in total. The molecular formula is C28H58Si2.